The van der Waals surface area contributed by atoms with E-state index in [-0.39, 0.29) is 5.41 Å². The Bertz CT molecular complexity index is 384. The fourth-order valence-corrected chi connectivity index (χ4v) is 1.34. The van der Waals surface area contributed by atoms with Crippen LogP contribution in [0.3, 0.4) is 0 Å². The summed E-state index contributed by atoms with van der Waals surface area (Å²) in [6, 6.07) is 5.51. The zero-order valence-corrected chi connectivity index (χ0v) is 8.65. The molecule has 4 heteroatoms. The third-order valence-electron chi connectivity index (χ3n) is 2.04. The molecular weight excluding hydrogens is 176 g/mol. The van der Waals surface area contributed by atoms with Crippen LogP contribution in [0.25, 0.3) is 10.4 Å². The fourth-order valence-electron chi connectivity index (χ4n) is 1.34. The molecule has 0 radical (unpaired) electrons. The molecule has 0 amide bonds. The third-order valence-corrected chi connectivity index (χ3v) is 2.04. The predicted molar refractivity (Wildman–Crippen MR) is 58.4 cm³/mol. The largest absolute Gasteiger partial charge is 0.398 e. The predicted octanol–water partition coefficient (Wildman–Crippen LogP) is 3.51. The quantitative estimate of drug-likeness (QED) is 0.313. The van der Waals surface area contributed by atoms with Crippen LogP contribution in [0.5, 0.6) is 0 Å². The first-order chi connectivity index (χ1) is 6.46. The standard InChI is InChI=1S/C10H14N4/c1-10(2,3)7-5-4-6-8(9(7)11)13-14-12/h4-6H,11H2,1-3H3. The number of nitrogens with two attached hydrogens (primary N) is 1. The van der Waals surface area contributed by atoms with Crippen molar-refractivity contribution >= 4 is 11.4 Å². The molecule has 14 heavy (non-hydrogen) atoms. The molecule has 2 N–H and O–H groups in total. The number of azide groups is 1. The Hall–Kier alpha value is -1.67. The molecule has 1 rings (SSSR count). The number of hydrogen-bond donors (Lipinski definition) is 1. The molecule has 0 saturated heterocycles. The van der Waals surface area contributed by atoms with Crippen LogP contribution in [-0.2, 0) is 5.41 Å². The number of rotatable bonds is 1. The van der Waals surface area contributed by atoms with Gasteiger partial charge in [0.05, 0.1) is 5.69 Å². The highest BCUT2D eigenvalue weighted by Gasteiger charge is 2.17. The van der Waals surface area contributed by atoms with Gasteiger partial charge in [0.25, 0.3) is 0 Å². The maximum atomic E-state index is 8.34. The summed E-state index contributed by atoms with van der Waals surface area (Å²) >= 11 is 0. The van der Waals surface area contributed by atoms with Crippen LogP contribution in [0.15, 0.2) is 23.3 Å². The van der Waals surface area contributed by atoms with Crippen molar-refractivity contribution in [1.29, 1.82) is 0 Å². The van der Waals surface area contributed by atoms with Gasteiger partial charge < -0.3 is 5.73 Å². The van der Waals surface area contributed by atoms with Crippen molar-refractivity contribution in [2.45, 2.75) is 26.2 Å². The molecular formula is C10H14N4. The summed E-state index contributed by atoms with van der Waals surface area (Å²) < 4.78 is 0. The minimum Gasteiger partial charge on any atom is -0.398 e. The SMILES string of the molecule is CC(C)(C)c1cccc(N=[N+]=[N-])c1N. The molecule has 74 valence electrons. The fraction of sp³-hybridized carbons (Fsp3) is 0.400. The first-order valence-corrected chi connectivity index (χ1v) is 4.41. The average molecular weight is 190 g/mol. The number of para-hydroxylation sites is 1. The Kier molecular flexibility index (Phi) is 2.68. The normalized spacial score (nSPS) is 10.8. The topological polar surface area (TPSA) is 74.8 Å². The van der Waals surface area contributed by atoms with E-state index >= 15 is 0 Å². The van der Waals surface area contributed by atoms with Crippen LogP contribution in [-0.4, -0.2) is 0 Å². The molecule has 0 bridgehead atoms. The smallest absolute Gasteiger partial charge is 0.0607 e. The van der Waals surface area contributed by atoms with Gasteiger partial charge in [0.15, 0.2) is 0 Å². The molecule has 0 unspecified atom stereocenters. The maximum absolute atomic E-state index is 8.34. The Labute approximate surface area is 83.4 Å². The molecule has 0 aromatic heterocycles. The van der Waals surface area contributed by atoms with Gasteiger partial charge in [0, 0.05) is 10.6 Å². The molecule has 0 spiro atoms. The van der Waals surface area contributed by atoms with Crippen molar-refractivity contribution in [3.63, 3.8) is 0 Å². The van der Waals surface area contributed by atoms with Crippen molar-refractivity contribution in [3.8, 4) is 0 Å². The van der Waals surface area contributed by atoms with Gasteiger partial charge in [-0.2, -0.15) is 0 Å². The first-order valence-electron chi connectivity index (χ1n) is 4.41. The van der Waals surface area contributed by atoms with Gasteiger partial charge >= 0.3 is 0 Å². The lowest BCUT2D eigenvalue weighted by atomic mass is 9.85. The Morgan fingerprint density at radius 1 is 1.36 bits per heavy atom. The van der Waals surface area contributed by atoms with E-state index in [0.717, 1.165) is 5.56 Å². The zero-order chi connectivity index (χ0) is 10.8. The summed E-state index contributed by atoms with van der Waals surface area (Å²) in [4.78, 5) is 2.73. The van der Waals surface area contributed by atoms with Gasteiger partial charge in [-0.1, -0.05) is 44.1 Å². The lowest BCUT2D eigenvalue weighted by Gasteiger charge is -2.21. The molecule has 1 aromatic rings. The molecule has 4 nitrogen and oxygen atoms in total. The third kappa shape index (κ3) is 1.98. The van der Waals surface area contributed by atoms with Crippen molar-refractivity contribution in [3.05, 3.63) is 34.2 Å². The summed E-state index contributed by atoms with van der Waals surface area (Å²) in [6.07, 6.45) is 0. The van der Waals surface area contributed by atoms with Crippen molar-refractivity contribution in [2.24, 2.45) is 5.11 Å². The number of hydrogen-bond acceptors (Lipinski definition) is 2. The second-order valence-electron chi connectivity index (χ2n) is 4.18. The van der Waals surface area contributed by atoms with E-state index in [9.17, 15) is 0 Å². The summed E-state index contributed by atoms with van der Waals surface area (Å²) in [5.74, 6) is 0. The van der Waals surface area contributed by atoms with E-state index in [2.05, 4.69) is 30.8 Å². The van der Waals surface area contributed by atoms with Gasteiger partial charge in [-0.3, -0.25) is 0 Å². The van der Waals surface area contributed by atoms with Crippen molar-refractivity contribution < 1.29 is 0 Å². The van der Waals surface area contributed by atoms with Crippen molar-refractivity contribution in [1.82, 2.24) is 0 Å². The summed E-state index contributed by atoms with van der Waals surface area (Å²) in [7, 11) is 0. The number of benzene rings is 1. The van der Waals surface area contributed by atoms with Crippen molar-refractivity contribution in [2.75, 3.05) is 5.73 Å². The Balaban J connectivity index is 3.34. The molecule has 0 fully saturated rings. The van der Waals surface area contributed by atoms with Gasteiger partial charge in [0.1, 0.15) is 0 Å². The molecule has 0 atom stereocenters. The second kappa shape index (κ2) is 3.60. The van der Waals surface area contributed by atoms with Gasteiger partial charge in [-0.05, 0) is 16.5 Å². The summed E-state index contributed by atoms with van der Waals surface area (Å²) in [5, 5.41) is 3.54. The minimum atomic E-state index is -0.0366. The minimum absolute atomic E-state index is 0.0366. The second-order valence-corrected chi connectivity index (χ2v) is 4.18. The number of anilines is 1. The molecule has 0 aliphatic heterocycles. The summed E-state index contributed by atoms with van der Waals surface area (Å²) in [5.41, 5.74) is 16.3. The molecule has 1 aromatic carbocycles. The maximum Gasteiger partial charge on any atom is 0.0607 e. The van der Waals surface area contributed by atoms with Gasteiger partial charge in [-0.15, -0.1) is 0 Å². The number of nitrogens with zero attached hydrogens (tertiary/aromatic N) is 3. The van der Waals surface area contributed by atoms with Crippen LogP contribution < -0.4 is 5.73 Å². The van der Waals surface area contributed by atoms with Crippen LogP contribution in [0.1, 0.15) is 26.3 Å². The van der Waals surface area contributed by atoms with Crippen LogP contribution in [0, 0.1) is 0 Å². The van der Waals surface area contributed by atoms with E-state index in [1.807, 2.05) is 12.1 Å². The van der Waals surface area contributed by atoms with E-state index in [0.29, 0.717) is 11.4 Å². The molecule has 0 saturated carbocycles. The first kappa shape index (κ1) is 10.4. The highest BCUT2D eigenvalue weighted by atomic mass is 15.1. The van der Waals surface area contributed by atoms with Crippen LogP contribution in [0.4, 0.5) is 11.4 Å². The van der Waals surface area contributed by atoms with E-state index in [1.54, 1.807) is 6.07 Å². The highest BCUT2D eigenvalue weighted by molar-refractivity contribution is 5.68. The van der Waals surface area contributed by atoms with Gasteiger partial charge in [0.2, 0.25) is 0 Å². The van der Waals surface area contributed by atoms with Gasteiger partial charge in [-0.25, -0.2) is 0 Å². The van der Waals surface area contributed by atoms with Crippen LogP contribution >= 0.6 is 0 Å². The lowest BCUT2D eigenvalue weighted by Crippen LogP contribution is -2.13. The number of nitrogen functional groups attached to an aromatic ring is 1. The Morgan fingerprint density at radius 3 is 2.50 bits per heavy atom. The zero-order valence-electron chi connectivity index (χ0n) is 8.65. The monoisotopic (exact) mass is 190 g/mol. The van der Waals surface area contributed by atoms with E-state index in [4.69, 9.17) is 11.3 Å². The highest BCUT2D eigenvalue weighted by Crippen LogP contribution is 2.33. The van der Waals surface area contributed by atoms with E-state index in [1.165, 1.54) is 0 Å². The lowest BCUT2D eigenvalue weighted by molar-refractivity contribution is 0.593. The van der Waals surface area contributed by atoms with E-state index < -0.39 is 0 Å². The average Bonchev–Trinajstić information content (AvgIpc) is 2.07. The molecule has 0 aliphatic carbocycles. The Morgan fingerprint density at radius 2 is 2.00 bits per heavy atom. The molecule has 0 heterocycles. The molecule has 0 aliphatic rings. The summed E-state index contributed by atoms with van der Waals surface area (Å²) in [6.45, 7) is 6.20. The van der Waals surface area contributed by atoms with Crippen LogP contribution in [0.2, 0.25) is 0 Å².